The zero-order valence-corrected chi connectivity index (χ0v) is 11.6. The lowest BCUT2D eigenvalue weighted by molar-refractivity contribution is -0.384. The second-order valence-corrected chi connectivity index (χ2v) is 4.07. The summed E-state index contributed by atoms with van der Waals surface area (Å²) in [5.74, 6) is 4.49. The van der Waals surface area contributed by atoms with Gasteiger partial charge in [-0.3, -0.25) is 10.1 Å². The molecule has 7 nitrogen and oxygen atoms in total. The third kappa shape index (κ3) is 4.06. The van der Waals surface area contributed by atoms with E-state index in [9.17, 15) is 15.2 Å². The molecule has 0 heterocycles. The molecule has 0 amide bonds. The summed E-state index contributed by atoms with van der Waals surface area (Å²) in [6.45, 7) is 0. The van der Waals surface area contributed by atoms with E-state index in [1.54, 1.807) is 6.07 Å². The van der Waals surface area contributed by atoms with Gasteiger partial charge in [0, 0.05) is 18.1 Å². The summed E-state index contributed by atoms with van der Waals surface area (Å²) in [5.41, 5.74) is -0.0541. The molecule has 23 heavy (non-hydrogen) atoms. The molecule has 0 atom stereocenters. The lowest BCUT2D eigenvalue weighted by Gasteiger charge is -2.01. The summed E-state index contributed by atoms with van der Waals surface area (Å²) >= 11 is 0. The lowest BCUT2D eigenvalue weighted by Crippen LogP contribution is -1.87. The normalized spacial score (nSPS) is 9.70. The molecule has 0 radical (unpaired) electrons. The molecule has 0 aliphatic rings. The molecule has 0 spiro atoms. The van der Waals surface area contributed by atoms with E-state index in [0.717, 1.165) is 0 Å². The molecule has 7 heteroatoms. The highest BCUT2D eigenvalue weighted by Crippen LogP contribution is 2.33. The molecule has 0 saturated heterocycles. The third-order valence-electron chi connectivity index (χ3n) is 2.58. The van der Waals surface area contributed by atoms with Gasteiger partial charge in [0.15, 0.2) is 5.69 Å². The van der Waals surface area contributed by atoms with Crippen LogP contribution in [0.3, 0.4) is 0 Å². The standard InChI is InChI=1S/C16H9N3O4/c1-2-3-10-23-12-8-9-16(20)14(11-12)18-17-13-6-4-5-7-15(13)19(21)22/h1,4-9,11,20H/b18-17+. The number of phenols is 1. The number of azo groups is 1. The van der Waals surface area contributed by atoms with Gasteiger partial charge in [0.2, 0.25) is 0 Å². The van der Waals surface area contributed by atoms with Gasteiger partial charge in [-0.2, -0.15) is 0 Å². The quantitative estimate of drug-likeness (QED) is 0.403. The molecule has 0 aliphatic carbocycles. The van der Waals surface area contributed by atoms with Gasteiger partial charge in [0.1, 0.15) is 23.3 Å². The number of para-hydroxylation sites is 1. The Balaban J connectivity index is 2.31. The Labute approximate surface area is 131 Å². The lowest BCUT2D eigenvalue weighted by atomic mass is 10.3. The van der Waals surface area contributed by atoms with E-state index in [1.165, 1.54) is 36.4 Å². The molecule has 0 aromatic heterocycles. The molecule has 0 aliphatic heterocycles. The average molecular weight is 307 g/mol. The van der Waals surface area contributed by atoms with Crippen molar-refractivity contribution in [1.29, 1.82) is 0 Å². The van der Waals surface area contributed by atoms with E-state index in [2.05, 4.69) is 28.2 Å². The van der Waals surface area contributed by atoms with E-state index in [0.29, 0.717) is 5.75 Å². The molecular weight excluding hydrogens is 298 g/mol. The fraction of sp³-hybridized carbons (Fsp3) is 0. The fourth-order valence-corrected chi connectivity index (χ4v) is 1.57. The summed E-state index contributed by atoms with van der Waals surface area (Å²) in [6, 6.07) is 10.0. The van der Waals surface area contributed by atoms with Crippen LogP contribution in [0.2, 0.25) is 0 Å². The van der Waals surface area contributed by atoms with Crippen LogP contribution in [0.25, 0.3) is 0 Å². The van der Waals surface area contributed by atoms with Crippen LogP contribution in [0.4, 0.5) is 17.1 Å². The van der Waals surface area contributed by atoms with E-state index < -0.39 is 4.92 Å². The van der Waals surface area contributed by atoms with Crippen LogP contribution in [0, 0.1) is 34.5 Å². The number of aromatic hydroxyl groups is 1. The Bertz CT molecular complexity index is 873. The molecule has 0 unspecified atom stereocenters. The molecule has 1 N–H and O–H groups in total. The Morgan fingerprint density at radius 3 is 2.65 bits per heavy atom. The molecule has 112 valence electrons. The van der Waals surface area contributed by atoms with Crippen LogP contribution in [-0.2, 0) is 0 Å². The van der Waals surface area contributed by atoms with E-state index in [1.807, 2.05) is 0 Å². The first-order chi connectivity index (χ1) is 11.1. The van der Waals surface area contributed by atoms with Crippen LogP contribution in [0.1, 0.15) is 0 Å². The minimum Gasteiger partial charge on any atom is -0.506 e. The molecule has 0 bridgehead atoms. The number of nitro groups is 1. The van der Waals surface area contributed by atoms with Crippen LogP contribution in [-0.4, -0.2) is 10.0 Å². The van der Waals surface area contributed by atoms with Gasteiger partial charge in [0.05, 0.1) is 4.92 Å². The average Bonchev–Trinajstić information content (AvgIpc) is 2.55. The molecular formula is C16H9N3O4. The number of nitro benzene ring substituents is 1. The first kappa shape index (κ1) is 15.5. The van der Waals surface area contributed by atoms with Crippen molar-refractivity contribution in [2.45, 2.75) is 0 Å². The van der Waals surface area contributed by atoms with Crippen molar-refractivity contribution in [3.63, 3.8) is 0 Å². The third-order valence-corrected chi connectivity index (χ3v) is 2.58. The van der Waals surface area contributed by atoms with Gasteiger partial charge in [-0.05, 0) is 24.1 Å². The van der Waals surface area contributed by atoms with Gasteiger partial charge >= 0.3 is 0 Å². The highest BCUT2D eigenvalue weighted by Gasteiger charge is 2.12. The minimum absolute atomic E-state index is 0.0651. The van der Waals surface area contributed by atoms with Crippen molar-refractivity contribution in [3.05, 3.63) is 52.6 Å². The number of ether oxygens (including phenoxy) is 1. The molecule has 0 saturated carbocycles. The van der Waals surface area contributed by atoms with Crippen molar-refractivity contribution >= 4 is 17.1 Å². The molecule has 2 rings (SSSR count). The second-order valence-electron chi connectivity index (χ2n) is 4.07. The van der Waals surface area contributed by atoms with Crippen molar-refractivity contribution in [2.75, 3.05) is 0 Å². The van der Waals surface area contributed by atoms with E-state index >= 15 is 0 Å². The first-order valence-electron chi connectivity index (χ1n) is 6.22. The maximum atomic E-state index is 10.9. The molecule has 0 fully saturated rings. The van der Waals surface area contributed by atoms with Crippen molar-refractivity contribution in [2.24, 2.45) is 10.2 Å². The smallest absolute Gasteiger partial charge is 0.296 e. The van der Waals surface area contributed by atoms with E-state index in [4.69, 9.17) is 11.2 Å². The summed E-state index contributed by atoms with van der Waals surface area (Å²) < 4.78 is 5.03. The summed E-state index contributed by atoms with van der Waals surface area (Å²) in [7, 11) is 0. The van der Waals surface area contributed by atoms with Crippen LogP contribution in [0.15, 0.2) is 52.7 Å². The first-order valence-corrected chi connectivity index (χ1v) is 6.22. The molecule has 2 aromatic carbocycles. The highest BCUT2D eigenvalue weighted by atomic mass is 16.6. The number of terminal acetylenes is 1. The Kier molecular flexibility index (Phi) is 4.90. The van der Waals surface area contributed by atoms with Gasteiger partial charge in [0.25, 0.3) is 5.69 Å². The zero-order valence-electron chi connectivity index (χ0n) is 11.6. The fourth-order valence-electron chi connectivity index (χ4n) is 1.57. The Morgan fingerprint density at radius 1 is 1.17 bits per heavy atom. The Morgan fingerprint density at radius 2 is 1.91 bits per heavy atom. The largest absolute Gasteiger partial charge is 0.506 e. The number of nitrogens with zero attached hydrogens (tertiary/aromatic N) is 3. The predicted octanol–water partition coefficient (Wildman–Crippen LogP) is 3.69. The number of rotatable bonds is 4. The van der Waals surface area contributed by atoms with Gasteiger partial charge in [-0.25, -0.2) is 0 Å². The maximum Gasteiger partial charge on any atom is 0.296 e. The number of benzene rings is 2. The number of hydrogen-bond acceptors (Lipinski definition) is 6. The minimum atomic E-state index is -0.566. The monoisotopic (exact) mass is 307 g/mol. The van der Waals surface area contributed by atoms with E-state index in [-0.39, 0.29) is 22.8 Å². The topological polar surface area (TPSA) is 97.3 Å². The van der Waals surface area contributed by atoms with Crippen LogP contribution < -0.4 is 4.74 Å². The molecule has 2 aromatic rings. The second kappa shape index (κ2) is 7.25. The van der Waals surface area contributed by atoms with Crippen molar-refractivity contribution < 1.29 is 14.8 Å². The summed E-state index contributed by atoms with van der Waals surface area (Å²) in [5, 5.41) is 28.3. The van der Waals surface area contributed by atoms with Crippen LogP contribution in [0.5, 0.6) is 11.5 Å². The maximum absolute atomic E-state index is 10.9. The predicted molar refractivity (Wildman–Crippen MR) is 82.6 cm³/mol. The summed E-state index contributed by atoms with van der Waals surface area (Å²) in [4.78, 5) is 10.3. The van der Waals surface area contributed by atoms with Gasteiger partial charge < -0.3 is 9.84 Å². The van der Waals surface area contributed by atoms with Crippen molar-refractivity contribution in [1.82, 2.24) is 0 Å². The highest BCUT2D eigenvalue weighted by molar-refractivity contribution is 5.58. The summed E-state index contributed by atoms with van der Waals surface area (Å²) in [6.07, 6.45) is 7.23. The van der Waals surface area contributed by atoms with Crippen LogP contribution >= 0.6 is 0 Å². The van der Waals surface area contributed by atoms with Crippen molar-refractivity contribution in [3.8, 4) is 35.9 Å². The number of hydrogen-bond donors (Lipinski definition) is 1. The number of phenolic OH excluding ortho intramolecular Hbond substituents is 1. The SMILES string of the molecule is C#CC#COc1ccc(O)c(/N=N/c2ccccc2[N+](=O)[O-])c1. The van der Waals surface area contributed by atoms with Gasteiger partial charge in [-0.15, -0.1) is 16.7 Å². The van der Waals surface area contributed by atoms with Gasteiger partial charge in [-0.1, -0.05) is 12.1 Å². The Hall–Kier alpha value is -3.84. The zero-order chi connectivity index (χ0) is 16.7.